The van der Waals surface area contributed by atoms with Crippen LogP contribution < -0.4 is 10.5 Å². The average molecular weight is 475 g/mol. The number of halogens is 1. The number of benzene rings is 2. The van der Waals surface area contributed by atoms with Crippen LogP contribution >= 0.6 is 23.4 Å². The highest BCUT2D eigenvalue weighted by molar-refractivity contribution is 7.99. The number of hydrogen-bond acceptors (Lipinski definition) is 7. The number of primary sulfonamides is 1. The van der Waals surface area contributed by atoms with Gasteiger partial charge in [0.15, 0.2) is 10.9 Å². The van der Waals surface area contributed by atoms with Crippen LogP contribution in [0.25, 0.3) is 0 Å². The summed E-state index contributed by atoms with van der Waals surface area (Å²) in [6.07, 6.45) is 2.64. The number of nitrogens with two attached hydrogens (primary N) is 1. The zero-order valence-electron chi connectivity index (χ0n) is 16.3. The highest BCUT2D eigenvalue weighted by Gasteiger charge is 2.21. The van der Waals surface area contributed by atoms with E-state index in [2.05, 4.69) is 15.3 Å². The van der Waals surface area contributed by atoms with Crippen LogP contribution in [0.4, 0.5) is 11.5 Å². The van der Waals surface area contributed by atoms with E-state index < -0.39 is 10.0 Å². The highest BCUT2D eigenvalue weighted by Crippen LogP contribution is 2.31. The summed E-state index contributed by atoms with van der Waals surface area (Å²) in [7, 11) is -3.81. The van der Waals surface area contributed by atoms with Crippen LogP contribution in [-0.4, -0.2) is 29.9 Å². The Morgan fingerprint density at radius 2 is 1.90 bits per heavy atom. The predicted molar refractivity (Wildman–Crippen MR) is 122 cm³/mol. The molecule has 1 heterocycles. The van der Waals surface area contributed by atoms with Gasteiger partial charge in [-0.1, -0.05) is 29.4 Å². The number of aromatic nitrogens is 2. The summed E-state index contributed by atoms with van der Waals surface area (Å²) in [6, 6.07) is 13.0. The Labute approximate surface area is 189 Å². The third kappa shape index (κ3) is 5.24. The molecule has 7 nitrogen and oxygen atoms in total. The fourth-order valence-corrected chi connectivity index (χ4v) is 4.76. The van der Waals surface area contributed by atoms with Crippen molar-refractivity contribution in [1.29, 1.82) is 0 Å². The summed E-state index contributed by atoms with van der Waals surface area (Å²) in [5.74, 6) is 0.775. The largest absolute Gasteiger partial charge is 0.340 e. The number of sulfonamides is 1. The fraction of sp³-hybridized carbons (Fsp3) is 0.190. The Balaban J connectivity index is 1.55. The Bertz CT molecular complexity index is 1250. The van der Waals surface area contributed by atoms with Crippen LogP contribution in [0.5, 0.6) is 0 Å². The number of carbonyl (C=O) groups is 1. The molecule has 0 spiro atoms. The molecule has 0 fully saturated rings. The van der Waals surface area contributed by atoms with Crippen molar-refractivity contribution in [2.75, 3.05) is 11.1 Å². The third-order valence-electron chi connectivity index (χ3n) is 4.84. The van der Waals surface area contributed by atoms with Gasteiger partial charge in [0.2, 0.25) is 10.0 Å². The van der Waals surface area contributed by atoms with Gasteiger partial charge in [0.25, 0.3) is 0 Å². The number of ketones is 1. The molecular formula is C21H19ClN4O3S2. The standard InChI is InChI=1S/C21H19ClN4O3S2/c22-14-9-7-13(8-10-14)19(27)12-30-21-25-18-6-2-5-17(18)20(26-21)24-15-3-1-4-16(11-15)31(23,28)29/h1,3-4,7-11H,2,5-6,12H2,(H2,23,28,29)(H,24,25,26). The van der Waals surface area contributed by atoms with Gasteiger partial charge in [-0.3, -0.25) is 4.79 Å². The summed E-state index contributed by atoms with van der Waals surface area (Å²) in [5.41, 5.74) is 3.10. The zero-order valence-corrected chi connectivity index (χ0v) is 18.7. The zero-order chi connectivity index (χ0) is 22.0. The summed E-state index contributed by atoms with van der Waals surface area (Å²) >= 11 is 7.14. The molecule has 0 bridgehead atoms. The first-order chi connectivity index (χ1) is 14.8. The lowest BCUT2D eigenvalue weighted by Crippen LogP contribution is -2.12. The van der Waals surface area contributed by atoms with Crippen molar-refractivity contribution in [3.8, 4) is 0 Å². The summed E-state index contributed by atoms with van der Waals surface area (Å²) < 4.78 is 23.3. The van der Waals surface area contributed by atoms with E-state index in [1.807, 2.05) is 0 Å². The Morgan fingerprint density at radius 1 is 1.13 bits per heavy atom. The van der Waals surface area contributed by atoms with Crippen molar-refractivity contribution >= 4 is 50.7 Å². The molecule has 0 saturated heterocycles. The number of nitrogens with one attached hydrogen (secondary N) is 1. The maximum Gasteiger partial charge on any atom is 0.238 e. The molecule has 1 aliphatic rings. The number of aryl methyl sites for hydroxylation is 1. The van der Waals surface area contributed by atoms with Gasteiger partial charge in [0.05, 0.1) is 16.3 Å². The molecule has 0 aliphatic heterocycles. The Hall–Kier alpha value is -2.46. The minimum atomic E-state index is -3.81. The second-order valence-electron chi connectivity index (χ2n) is 7.05. The fourth-order valence-electron chi connectivity index (χ4n) is 3.31. The maximum absolute atomic E-state index is 12.5. The van der Waals surface area contributed by atoms with Crippen molar-refractivity contribution in [2.45, 2.75) is 29.3 Å². The molecule has 3 N–H and O–H groups in total. The second kappa shape index (κ2) is 8.96. The van der Waals surface area contributed by atoms with E-state index in [9.17, 15) is 13.2 Å². The van der Waals surface area contributed by atoms with Gasteiger partial charge in [0, 0.05) is 21.8 Å². The minimum Gasteiger partial charge on any atom is -0.340 e. The lowest BCUT2D eigenvalue weighted by molar-refractivity contribution is 0.102. The summed E-state index contributed by atoms with van der Waals surface area (Å²) in [6.45, 7) is 0. The Morgan fingerprint density at radius 3 is 2.65 bits per heavy atom. The van der Waals surface area contributed by atoms with E-state index in [1.165, 1.54) is 23.9 Å². The summed E-state index contributed by atoms with van der Waals surface area (Å²) in [5, 5.41) is 9.50. The molecule has 3 aromatic rings. The number of thioether (sulfide) groups is 1. The average Bonchev–Trinajstić information content (AvgIpc) is 3.21. The number of hydrogen-bond donors (Lipinski definition) is 2. The molecule has 31 heavy (non-hydrogen) atoms. The SMILES string of the molecule is NS(=O)(=O)c1cccc(Nc2nc(SCC(=O)c3ccc(Cl)cc3)nc3c2CCC3)c1. The molecule has 0 atom stereocenters. The monoisotopic (exact) mass is 474 g/mol. The smallest absolute Gasteiger partial charge is 0.238 e. The van der Waals surface area contributed by atoms with Crippen molar-refractivity contribution < 1.29 is 13.2 Å². The van der Waals surface area contributed by atoms with E-state index in [4.69, 9.17) is 16.7 Å². The van der Waals surface area contributed by atoms with Gasteiger partial charge in [-0.15, -0.1) is 0 Å². The normalized spacial score (nSPS) is 13.1. The van der Waals surface area contributed by atoms with Crippen molar-refractivity contribution in [3.63, 3.8) is 0 Å². The quantitative estimate of drug-likeness (QED) is 0.302. The number of Topliss-reactive ketones (excluding diaryl/α,β-unsaturated/α-hetero) is 1. The molecule has 2 aromatic carbocycles. The first-order valence-electron chi connectivity index (χ1n) is 9.51. The maximum atomic E-state index is 12.5. The third-order valence-corrected chi connectivity index (χ3v) is 6.85. The first kappa shape index (κ1) is 21.8. The van der Waals surface area contributed by atoms with Crippen LogP contribution in [0, 0.1) is 0 Å². The van der Waals surface area contributed by atoms with Crippen molar-refractivity contribution in [3.05, 3.63) is 70.4 Å². The molecule has 0 radical (unpaired) electrons. The van der Waals surface area contributed by atoms with Crippen LogP contribution in [0.1, 0.15) is 28.0 Å². The minimum absolute atomic E-state index is 0.0198. The molecular weight excluding hydrogens is 456 g/mol. The van der Waals surface area contributed by atoms with Crippen LogP contribution in [0.2, 0.25) is 5.02 Å². The first-order valence-corrected chi connectivity index (χ1v) is 12.4. The van der Waals surface area contributed by atoms with E-state index in [1.54, 1.807) is 36.4 Å². The van der Waals surface area contributed by atoms with Crippen molar-refractivity contribution in [2.24, 2.45) is 5.14 Å². The van der Waals surface area contributed by atoms with Gasteiger partial charge in [-0.25, -0.2) is 23.5 Å². The van der Waals surface area contributed by atoms with Crippen molar-refractivity contribution in [1.82, 2.24) is 9.97 Å². The van der Waals surface area contributed by atoms with Gasteiger partial charge < -0.3 is 5.32 Å². The van der Waals surface area contributed by atoms with Crippen LogP contribution in [0.15, 0.2) is 58.6 Å². The van der Waals surface area contributed by atoms with E-state index in [0.717, 1.165) is 30.5 Å². The van der Waals surface area contributed by atoms with Crippen LogP contribution in [-0.2, 0) is 22.9 Å². The number of fused-ring (bicyclic) bond motifs is 1. The molecule has 1 aromatic heterocycles. The lowest BCUT2D eigenvalue weighted by Gasteiger charge is -2.12. The molecule has 10 heteroatoms. The van der Waals surface area contributed by atoms with E-state index in [0.29, 0.717) is 27.2 Å². The number of anilines is 2. The highest BCUT2D eigenvalue weighted by atomic mass is 35.5. The molecule has 0 unspecified atom stereocenters. The molecule has 4 rings (SSSR count). The number of rotatable bonds is 7. The lowest BCUT2D eigenvalue weighted by atomic mass is 10.1. The van der Waals surface area contributed by atoms with E-state index in [-0.39, 0.29) is 16.4 Å². The number of carbonyl (C=O) groups excluding carboxylic acids is 1. The summed E-state index contributed by atoms with van der Waals surface area (Å²) in [4.78, 5) is 21.7. The molecule has 1 aliphatic carbocycles. The van der Waals surface area contributed by atoms with Crippen LogP contribution in [0.3, 0.4) is 0 Å². The van der Waals surface area contributed by atoms with E-state index >= 15 is 0 Å². The number of nitrogens with zero attached hydrogens (tertiary/aromatic N) is 2. The van der Waals surface area contributed by atoms with Gasteiger partial charge in [0.1, 0.15) is 5.82 Å². The Kier molecular flexibility index (Phi) is 6.29. The van der Waals surface area contributed by atoms with Gasteiger partial charge >= 0.3 is 0 Å². The second-order valence-corrected chi connectivity index (χ2v) is 9.99. The topological polar surface area (TPSA) is 115 Å². The van der Waals surface area contributed by atoms with Gasteiger partial charge in [-0.2, -0.15) is 0 Å². The molecule has 160 valence electrons. The molecule has 0 amide bonds. The predicted octanol–water partition coefficient (Wildman–Crippen LogP) is 3.98. The van der Waals surface area contributed by atoms with Gasteiger partial charge in [-0.05, 0) is 61.7 Å². The molecule has 0 saturated carbocycles.